The van der Waals surface area contributed by atoms with Crippen LogP contribution in [-0.4, -0.2) is 33.5 Å². The molecule has 0 spiro atoms. The molecule has 2 heterocycles. The topological polar surface area (TPSA) is 69.4 Å². The number of rotatable bonds is 3. The van der Waals surface area contributed by atoms with Crippen LogP contribution in [0.2, 0.25) is 0 Å². The van der Waals surface area contributed by atoms with Gasteiger partial charge in [-0.2, -0.15) is 0 Å². The average molecular weight is 221 g/mol. The minimum atomic E-state index is 0.145. The Bertz CT molecular complexity index is 523. The third-order valence-corrected chi connectivity index (χ3v) is 2.54. The highest BCUT2D eigenvalue weighted by molar-refractivity contribution is 5.79. The molecule has 0 saturated carbocycles. The number of aliphatic hydroxyl groups excluding tert-OH is 1. The fourth-order valence-corrected chi connectivity index (χ4v) is 1.74. The summed E-state index contributed by atoms with van der Waals surface area (Å²) in [5.74, 6) is 1.43. The number of hydrogen-bond acceptors (Lipinski definition) is 5. The van der Waals surface area contributed by atoms with E-state index in [2.05, 4.69) is 10.3 Å². The second-order valence-electron chi connectivity index (χ2n) is 3.58. The fraction of sp³-hybridized carbons (Fsp3) is 0.400. The van der Waals surface area contributed by atoms with E-state index in [4.69, 9.17) is 14.6 Å². The van der Waals surface area contributed by atoms with E-state index in [1.807, 2.05) is 12.1 Å². The molecule has 1 N–H and O–H groups in total. The van der Waals surface area contributed by atoms with E-state index in [1.165, 1.54) is 0 Å². The van der Waals surface area contributed by atoms with Gasteiger partial charge in [0.25, 0.3) is 0 Å². The van der Waals surface area contributed by atoms with E-state index >= 15 is 0 Å². The summed E-state index contributed by atoms with van der Waals surface area (Å²) in [6.45, 7) is 1.05. The van der Waals surface area contributed by atoms with Gasteiger partial charge in [-0.1, -0.05) is 5.21 Å². The Balaban J connectivity index is 2.05. The Morgan fingerprint density at radius 1 is 1.31 bits per heavy atom. The van der Waals surface area contributed by atoms with Crippen LogP contribution < -0.4 is 9.47 Å². The summed E-state index contributed by atoms with van der Waals surface area (Å²) in [5.41, 5.74) is 1.68. The number of ether oxygens (including phenoxy) is 2. The van der Waals surface area contributed by atoms with Gasteiger partial charge in [0.2, 0.25) is 6.79 Å². The summed E-state index contributed by atoms with van der Waals surface area (Å²) >= 11 is 0. The predicted molar refractivity (Wildman–Crippen MR) is 55.4 cm³/mol. The van der Waals surface area contributed by atoms with Crippen molar-refractivity contribution in [3.8, 4) is 11.5 Å². The molecule has 6 nitrogen and oxygen atoms in total. The second-order valence-corrected chi connectivity index (χ2v) is 3.58. The van der Waals surface area contributed by atoms with Gasteiger partial charge in [-0.3, -0.25) is 0 Å². The number of fused-ring (bicyclic) bond motifs is 2. The van der Waals surface area contributed by atoms with Gasteiger partial charge in [0.15, 0.2) is 11.5 Å². The lowest BCUT2D eigenvalue weighted by Gasteiger charge is -2.00. The molecule has 2 aromatic rings. The summed E-state index contributed by atoms with van der Waals surface area (Å²) in [6, 6.07) is 3.69. The summed E-state index contributed by atoms with van der Waals surface area (Å²) in [5, 5.41) is 16.8. The zero-order chi connectivity index (χ0) is 11.0. The van der Waals surface area contributed by atoms with Crippen molar-refractivity contribution >= 4 is 11.0 Å². The van der Waals surface area contributed by atoms with Gasteiger partial charge in [-0.15, -0.1) is 5.10 Å². The van der Waals surface area contributed by atoms with Gasteiger partial charge in [-0.25, -0.2) is 4.68 Å². The van der Waals surface area contributed by atoms with E-state index in [1.54, 1.807) is 4.68 Å². The van der Waals surface area contributed by atoms with Crippen LogP contribution in [0.3, 0.4) is 0 Å². The molecule has 1 aliphatic heterocycles. The minimum Gasteiger partial charge on any atom is -0.454 e. The number of hydrogen-bond donors (Lipinski definition) is 1. The van der Waals surface area contributed by atoms with Crippen LogP contribution in [0.15, 0.2) is 12.1 Å². The van der Waals surface area contributed by atoms with E-state index < -0.39 is 0 Å². The van der Waals surface area contributed by atoms with Crippen molar-refractivity contribution in [2.45, 2.75) is 13.0 Å². The highest BCUT2D eigenvalue weighted by Gasteiger charge is 2.16. The van der Waals surface area contributed by atoms with E-state index in [9.17, 15) is 0 Å². The van der Waals surface area contributed by atoms with Crippen LogP contribution in [0.5, 0.6) is 11.5 Å². The van der Waals surface area contributed by atoms with Crippen LogP contribution in [0, 0.1) is 0 Å². The Morgan fingerprint density at radius 2 is 2.12 bits per heavy atom. The SMILES string of the molecule is OCCCn1nnc2cc3c(cc21)OCO3. The highest BCUT2D eigenvalue weighted by atomic mass is 16.7. The Labute approximate surface area is 91.4 Å². The lowest BCUT2D eigenvalue weighted by molar-refractivity contribution is 0.174. The molecule has 0 bridgehead atoms. The van der Waals surface area contributed by atoms with Gasteiger partial charge in [0.05, 0.1) is 5.52 Å². The molecule has 0 amide bonds. The van der Waals surface area contributed by atoms with E-state index in [0.29, 0.717) is 18.7 Å². The van der Waals surface area contributed by atoms with Crippen molar-refractivity contribution in [3.63, 3.8) is 0 Å². The van der Waals surface area contributed by atoms with Crippen molar-refractivity contribution in [1.29, 1.82) is 0 Å². The summed E-state index contributed by atoms with van der Waals surface area (Å²) in [6.07, 6.45) is 0.660. The maximum atomic E-state index is 8.79. The van der Waals surface area contributed by atoms with Crippen LogP contribution in [0.1, 0.15) is 6.42 Å². The number of nitrogens with zero attached hydrogens (tertiary/aromatic N) is 3. The Kier molecular flexibility index (Phi) is 2.14. The zero-order valence-electron chi connectivity index (χ0n) is 8.59. The van der Waals surface area contributed by atoms with Crippen molar-refractivity contribution in [1.82, 2.24) is 15.0 Å². The summed E-state index contributed by atoms with van der Waals surface area (Å²) < 4.78 is 12.3. The first kappa shape index (κ1) is 9.41. The van der Waals surface area contributed by atoms with Crippen molar-refractivity contribution in [3.05, 3.63) is 12.1 Å². The van der Waals surface area contributed by atoms with Crippen molar-refractivity contribution < 1.29 is 14.6 Å². The second kappa shape index (κ2) is 3.64. The molecule has 1 aliphatic rings. The third-order valence-electron chi connectivity index (χ3n) is 2.54. The summed E-state index contributed by atoms with van der Waals surface area (Å²) in [4.78, 5) is 0. The Hall–Kier alpha value is -1.82. The molecule has 0 radical (unpaired) electrons. The fourth-order valence-electron chi connectivity index (χ4n) is 1.74. The van der Waals surface area contributed by atoms with E-state index in [0.717, 1.165) is 16.8 Å². The van der Waals surface area contributed by atoms with Gasteiger partial charge >= 0.3 is 0 Å². The van der Waals surface area contributed by atoms with Crippen LogP contribution in [0.4, 0.5) is 0 Å². The normalized spacial score (nSPS) is 13.6. The third kappa shape index (κ3) is 1.38. The molecular weight excluding hydrogens is 210 g/mol. The standard InChI is InChI=1S/C10H11N3O3/c14-3-1-2-13-8-5-10-9(15-6-16-10)4-7(8)11-12-13/h4-5,14H,1-3,6H2. The lowest BCUT2D eigenvalue weighted by atomic mass is 10.2. The highest BCUT2D eigenvalue weighted by Crippen LogP contribution is 2.35. The first-order valence-corrected chi connectivity index (χ1v) is 5.12. The largest absolute Gasteiger partial charge is 0.454 e. The van der Waals surface area contributed by atoms with Crippen LogP contribution in [-0.2, 0) is 6.54 Å². The molecule has 0 atom stereocenters. The molecule has 0 unspecified atom stereocenters. The van der Waals surface area contributed by atoms with Crippen LogP contribution >= 0.6 is 0 Å². The molecule has 0 fully saturated rings. The molecule has 84 valence electrons. The van der Waals surface area contributed by atoms with Crippen LogP contribution in [0.25, 0.3) is 11.0 Å². The van der Waals surface area contributed by atoms with Crippen molar-refractivity contribution in [2.75, 3.05) is 13.4 Å². The monoisotopic (exact) mass is 221 g/mol. The maximum absolute atomic E-state index is 8.79. The first-order chi connectivity index (χ1) is 7.88. The molecule has 16 heavy (non-hydrogen) atoms. The molecule has 1 aromatic carbocycles. The zero-order valence-corrected chi connectivity index (χ0v) is 8.59. The molecule has 0 saturated heterocycles. The maximum Gasteiger partial charge on any atom is 0.231 e. The number of aliphatic hydroxyl groups is 1. The molecule has 0 aliphatic carbocycles. The lowest BCUT2D eigenvalue weighted by Crippen LogP contribution is -2.02. The van der Waals surface area contributed by atoms with Gasteiger partial charge < -0.3 is 14.6 Å². The van der Waals surface area contributed by atoms with Gasteiger partial charge in [0.1, 0.15) is 5.52 Å². The van der Waals surface area contributed by atoms with Gasteiger partial charge in [-0.05, 0) is 6.42 Å². The van der Waals surface area contributed by atoms with E-state index in [-0.39, 0.29) is 13.4 Å². The number of aryl methyl sites for hydroxylation is 1. The average Bonchev–Trinajstić information content (AvgIpc) is 2.89. The van der Waals surface area contributed by atoms with Crippen molar-refractivity contribution in [2.24, 2.45) is 0 Å². The number of aromatic nitrogens is 3. The molecule has 1 aromatic heterocycles. The number of benzene rings is 1. The first-order valence-electron chi connectivity index (χ1n) is 5.12. The Morgan fingerprint density at radius 3 is 2.94 bits per heavy atom. The predicted octanol–water partition coefficient (Wildman–Crippen LogP) is 0.542. The molecule has 3 rings (SSSR count). The minimum absolute atomic E-state index is 0.145. The smallest absolute Gasteiger partial charge is 0.231 e. The molecular formula is C10H11N3O3. The van der Waals surface area contributed by atoms with Gasteiger partial charge in [0, 0.05) is 25.3 Å². The summed E-state index contributed by atoms with van der Waals surface area (Å²) in [7, 11) is 0. The quantitative estimate of drug-likeness (QED) is 0.819. The molecule has 6 heteroatoms.